The summed E-state index contributed by atoms with van der Waals surface area (Å²) in [5.74, 6) is 2.22. The number of thiophene rings is 1. The van der Waals surface area contributed by atoms with E-state index in [0.29, 0.717) is 0 Å². The van der Waals surface area contributed by atoms with E-state index in [1.165, 1.54) is 53.7 Å². The van der Waals surface area contributed by atoms with Crippen LogP contribution in [0.4, 0.5) is 5.82 Å². The van der Waals surface area contributed by atoms with Gasteiger partial charge in [-0.25, -0.2) is 9.97 Å². The van der Waals surface area contributed by atoms with E-state index in [0.717, 1.165) is 57.9 Å². The van der Waals surface area contributed by atoms with Gasteiger partial charge in [-0.05, 0) is 57.3 Å². The summed E-state index contributed by atoms with van der Waals surface area (Å²) in [6.45, 7) is 6.62. The maximum absolute atomic E-state index is 5.24. The molecule has 1 aliphatic heterocycles. The normalized spacial score (nSPS) is 17.5. The number of hydrogen-bond donors (Lipinski definition) is 0. The van der Waals surface area contributed by atoms with Gasteiger partial charge in [0.15, 0.2) is 0 Å². The lowest BCUT2D eigenvalue weighted by Crippen LogP contribution is -2.48. The third kappa shape index (κ3) is 5.39. The molecule has 0 atom stereocenters. The molecule has 0 spiro atoms. The Kier molecular flexibility index (Phi) is 7.24. The predicted octanol–water partition coefficient (Wildman–Crippen LogP) is 4.43. The SMILES string of the molecule is CN(C)CCN1CCN(c2nc(CCc3ccccc3)nc3sc4c(c23)CCCCC4)CC1. The van der Waals surface area contributed by atoms with Crippen molar-refractivity contribution in [2.75, 3.05) is 58.3 Å². The van der Waals surface area contributed by atoms with E-state index in [2.05, 4.69) is 59.1 Å². The minimum atomic E-state index is 0.901. The Morgan fingerprint density at radius 3 is 2.48 bits per heavy atom. The minimum absolute atomic E-state index is 0.901. The molecular formula is C27H37N5S. The second kappa shape index (κ2) is 10.5. The number of likely N-dealkylation sites (N-methyl/N-ethyl adjacent to an activating group) is 1. The summed E-state index contributed by atoms with van der Waals surface area (Å²) in [6, 6.07) is 10.7. The van der Waals surface area contributed by atoms with Gasteiger partial charge in [-0.1, -0.05) is 36.8 Å². The maximum Gasteiger partial charge on any atom is 0.141 e. The summed E-state index contributed by atoms with van der Waals surface area (Å²) in [4.78, 5) is 20.6. The Morgan fingerprint density at radius 2 is 1.70 bits per heavy atom. The highest BCUT2D eigenvalue weighted by Gasteiger charge is 2.25. The zero-order valence-corrected chi connectivity index (χ0v) is 21.0. The molecule has 6 heteroatoms. The molecule has 1 saturated heterocycles. The van der Waals surface area contributed by atoms with Crippen LogP contribution in [0.2, 0.25) is 0 Å². The first-order valence-corrected chi connectivity index (χ1v) is 13.5. The van der Waals surface area contributed by atoms with Crippen LogP contribution in [0.5, 0.6) is 0 Å². The van der Waals surface area contributed by atoms with Gasteiger partial charge in [0.25, 0.3) is 0 Å². The van der Waals surface area contributed by atoms with Gasteiger partial charge < -0.3 is 9.80 Å². The molecule has 3 heterocycles. The first kappa shape index (κ1) is 22.8. The molecule has 5 nitrogen and oxygen atoms in total. The Hall–Kier alpha value is -2.02. The molecule has 0 radical (unpaired) electrons. The van der Waals surface area contributed by atoms with Crippen LogP contribution in [0.25, 0.3) is 10.2 Å². The first-order valence-electron chi connectivity index (χ1n) is 12.6. The molecule has 0 bridgehead atoms. The Bertz CT molecular complexity index is 1050. The molecule has 0 unspecified atom stereocenters. The van der Waals surface area contributed by atoms with Crippen molar-refractivity contribution in [3.05, 3.63) is 52.2 Å². The van der Waals surface area contributed by atoms with Gasteiger partial charge in [-0.2, -0.15) is 0 Å². The number of nitrogens with zero attached hydrogens (tertiary/aromatic N) is 5. The largest absolute Gasteiger partial charge is 0.353 e. The van der Waals surface area contributed by atoms with E-state index in [1.807, 2.05) is 11.3 Å². The highest BCUT2D eigenvalue weighted by atomic mass is 32.1. The fourth-order valence-electron chi connectivity index (χ4n) is 5.12. The van der Waals surface area contributed by atoms with Gasteiger partial charge >= 0.3 is 0 Å². The summed E-state index contributed by atoms with van der Waals surface area (Å²) in [7, 11) is 4.32. The molecule has 2 aromatic heterocycles. The summed E-state index contributed by atoms with van der Waals surface area (Å²) in [5.41, 5.74) is 2.92. The van der Waals surface area contributed by atoms with Gasteiger partial charge in [0.05, 0.1) is 5.39 Å². The lowest BCUT2D eigenvalue weighted by atomic mass is 10.1. The molecule has 5 rings (SSSR count). The van der Waals surface area contributed by atoms with Crippen LogP contribution in [0, 0.1) is 0 Å². The molecule has 0 saturated carbocycles. The molecular weight excluding hydrogens is 426 g/mol. The quantitative estimate of drug-likeness (QED) is 0.485. The van der Waals surface area contributed by atoms with Crippen molar-refractivity contribution in [3.8, 4) is 0 Å². The lowest BCUT2D eigenvalue weighted by Gasteiger charge is -2.36. The summed E-state index contributed by atoms with van der Waals surface area (Å²) < 4.78 is 0. The number of aryl methyl sites for hydroxylation is 4. The Labute approximate surface area is 202 Å². The number of hydrogen-bond acceptors (Lipinski definition) is 6. The molecule has 1 fully saturated rings. The van der Waals surface area contributed by atoms with Crippen molar-refractivity contribution in [2.24, 2.45) is 0 Å². The number of piperazine rings is 1. The van der Waals surface area contributed by atoms with E-state index in [1.54, 1.807) is 10.4 Å². The molecule has 0 amide bonds. The van der Waals surface area contributed by atoms with Crippen molar-refractivity contribution in [1.82, 2.24) is 19.8 Å². The van der Waals surface area contributed by atoms with Crippen LogP contribution in [0.3, 0.4) is 0 Å². The minimum Gasteiger partial charge on any atom is -0.353 e. The predicted molar refractivity (Wildman–Crippen MR) is 140 cm³/mol. The monoisotopic (exact) mass is 463 g/mol. The molecule has 3 aromatic rings. The van der Waals surface area contributed by atoms with E-state index in [-0.39, 0.29) is 0 Å². The average Bonchev–Trinajstić information content (AvgIpc) is 3.02. The maximum atomic E-state index is 5.24. The zero-order chi connectivity index (χ0) is 22.6. The van der Waals surface area contributed by atoms with Crippen LogP contribution >= 0.6 is 11.3 Å². The number of anilines is 1. The Morgan fingerprint density at radius 1 is 0.909 bits per heavy atom. The number of rotatable bonds is 7. The van der Waals surface area contributed by atoms with Crippen LogP contribution in [-0.4, -0.2) is 73.1 Å². The second-order valence-electron chi connectivity index (χ2n) is 9.83. The fourth-order valence-corrected chi connectivity index (χ4v) is 6.40. The molecule has 0 N–H and O–H groups in total. The van der Waals surface area contributed by atoms with Gasteiger partial charge in [0.1, 0.15) is 16.5 Å². The van der Waals surface area contributed by atoms with Crippen molar-refractivity contribution in [1.29, 1.82) is 0 Å². The average molecular weight is 464 g/mol. The topological polar surface area (TPSA) is 35.5 Å². The standard InChI is InChI=1S/C27H37N5S/c1-30(2)15-16-31-17-19-32(20-18-31)26-25-22-11-7-4-8-12-23(22)33-27(25)29-24(28-26)14-13-21-9-5-3-6-10-21/h3,5-6,9-10H,4,7-8,11-20H2,1-2H3. The lowest BCUT2D eigenvalue weighted by molar-refractivity contribution is 0.229. The number of fused-ring (bicyclic) bond motifs is 3. The summed E-state index contributed by atoms with van der Waals surface area (Å²) in [5, 5.41) is 1.38. The zero-order valence-electron chi connectivity index (χ0n) is 20.2. The van der Waals surface area contributed by atoms with Crippen molar-refractivity contribution >= 4 is 27.4 Å². The van der Waals surface area contributed by atoms with Crippen molar-refractivity contribution in [2.45, 2.75) is 44.9 Å². The van der Waals surface area contributed by atoms with Crippen LogP contribution in [-0.2, 0) is 25.7 Å². The molecule has 33 heavy (non-hydrogen) atoms. The van der Waals surface area contributed by atoms with Crippen molar-refractivity contribution < 1.29 is 0 Å². The summed E-state index contributed by atoms with van der Waals surface area (Å²) >= 11 is 1.95. The number of aromatic nitrogens is 2. The van der Waals surface area contributed by atoms with Crippen molar-refractivity contribution in [3.63, 3.8) is 0 Å². The highest BCUT2D eigenvalue weighted by molar-refractivity contribution is 7.19. The van der Waals surface area contributed by atoms with E-state index in [9.17, 15) is 0 Å². The van der Waals surface area contributed by atoms with Crippen LogP contribution in [0.1, 0.15) is 41.1 Å². The first-order chi connectivity index (χ1) is 16.2. The van der Waals surface area contributed by atoms with Gasteiger partial charge in [0.2, 0.25) is 0 Å². The third-order valence-corrected chi connectivity index (χ3v) is 8.29. The summed E-state index contributed by atoms with van der Waals surface area (Å²) in [6.07, 6.45) is 8.26. The third-order valence-electron chi connectivity index (χ3n) is 7.11. The smallest absolute Gasteiger partial charge is 0.141 e. The number of benzene rings is 1. The second-order valence-corrected chi connectivity index (χ2v) is 10.9. The van der Waals surface area contributed by atoms with Crippen LogP contribution < -0.4 is 4.90 Å². The van der Waals surface area contributed by atoms with E-state index < -0.39 is 0 Å². The van der Waals surface area contributed by atoms with Gasteiger partial charge in [0, 0.05) is 50.6 Å². The van der Waals surface area contributed by atoms with Gasteiger partial charge in [-0.3, -0.25) is 4.90 Å². The molecule has 1 aromatic carbocycles. The van der Waals surface area contributed by atoms with Crippen LogP contribution in [0.15, 0.2) is 30.3 Å². The fraction of sp³-hybridized carbons (Fsp3) is 0.556. The van der Waals surface area contributed by atoms with E-state index in [4.69, 9.17) is 9.97 Å². The molecule has 176 valence electrons. The molecule has 1 aliphatic carbocycles. The van der Waals surface area contributed by atoms with Gasteiger partial charge in [-0.15, -0.1) is 11.3 Å². The molecule has 2 aliphatic rings. The Balaban J connectivity index is 1.42. The van der Waals surface area contributed by atoms with E-state index >= 15 is 0 Å². The highest BCUT2D eigenvalue weighted by Crippen LogP contribution is 2.39.